The first-order chi connectivity index (χ1) is 9.19. The third-order valence-electron chi connectivity index (χ3n) is 2.91. The molecule has 0 bridgehead atoms. The lowest BCUT2D eigenvalue weighted by molar-refractivity contribution is 0.988. The fourth-order valence-corrected chi connectivity index (χ4v) is 3.90. The van der Waals surface area contributed by atoms with Crippen LogP contribution in [0.25, 0.3) is 22.2 Å². The minimum atomic E-state index is 0.263. The zero-order chi connectivity index (χ0) is 13.4. The van der Waals surface area contributed by atoms with Crippen LogP contribution in [0.3, 0.4) is 0 Å². The van der Waals surface area contributed by atoms with Crippen LogP contribution in [-0.4, -0.2) is 19.5 Å². The first-order valence-electron chi connectivity index (χ1n) is 5.54. The smallest absolute Gasteiger partial charge is 0.222 e. The number of fused-ring (bicyclic) bond motifs is 1. The van der Waals surface area contributed by atoms with Gasteiger partial charge in [0.1, 0.15) is 0 Å². The van der Waals surface area contributed by atoms with E-state index in [-0.39, 0.29) is 5.28 Å². The van der Waals surface area contributed by atoms with E-state index in [2.05, 4.69) is 50.1 Å². The highest BCUT2D eigenvalue weighted by Crippen LogP contribution is 2.31. The predicted molar refractivity (Wildman–Crippen MR) is 88.2 cm³/mol. The van der Waals surface area contributed by atoms with E-state index < -0.39 is 0 Å². The van der Waals surface area contributed by atoms with Gasteiger partial charge in [-0.3, -0.25) is 0 Å². The molecule has 0 aliphatic carbocycles. The summed E-state index contributed by atoms with van der Waals surface area (Å²) in [6, 6.07) is 7.98. The maximum Gasteiger partial charge on any atom is 0.222 e. The summed E-state index contributed by atoms with van der Waals surface area (Å²) in [4.78, 5) is 8.13. The average molecular weight is 403 g/mol. The molecule has 0 N–H and O–H groups in total. The SMILES string of the molecule is Cc1c2cc(-c3ccnc(Cl)n3)ccc2nn1PI. The van der Waals surface area contributed by atoms with E-state index in [1.807, 2.05) is 22.7 Å². The molecule has 3 rings (SSSR count). The Morgan fingerprint density at radius 1 is 1.32 bits per heavy atom. The lowest BCUT2D eigenvalue weighted by Crippen LogP contribution is -1.86. The molecule has 0 saturated carbocycles. The van der Waals surface area contributed by atoms with Gasteiger partial charge in [-0.15, -0.1) is 0 Å². The van der Waals surface area contributed by atoms with Crippen molar-refractivity contribution in [3.8, 4) is 11.3 Å². The van der Waals surface area contributed by atoms with Gasteiger partial charge in [0.25, 0.3) is 0 Å². The fourth-order valence-electron chi connectivity index (χ4n) is 1.95. The van der Waals surface area contributed by atoms with Gasteiger partial charge in [-0.05, 0) is 58.8 Å². The van der Waals surface area contributed by atoms with Crippen molar-refractivity contribution >= 4 is 50.9 Å². The molecule has 19 heavy (non-hydrogen) atoms. The summed E-state index contributed by atoms with van der Waals surface area (Å²) in [5.74, 6) is 0. The number of nitrogens with zero attached hydrogens (tertiary/aromatic N) is 4. The average Bonchev–Trinajstić information content (AvgIpc) is 2.75. The molecule has 0 fully saturated rings. The number of halogens is 2. The first kappa shape index (κ1) is 13.2. The molecular weight excluding hydrogens is 393 g/mol. The lowest BCUT2D eigenvalue weighted by atomic mass is 10.1. The van der Waals surface area contributed by atoms with E-state index in [0.717, 1.165) is 22.2 Å². The van der Waals surface area contributed by atoms with Crippen molar-refractivity contribution in [2.24, 2.45) is 0 Å². The van der Waals surface area contributed by atoms with Gasteiger partial charge in [0.2, 0.25) is 5.28 Å². The molecule has 0 spiro atoms. The van der Waals surface area contributed by atoms with Gasteiger partial charge in [-0.1, -0.05) is 6.07 Å². The van der Waals surface area contributed by atoms with Crippen LogP contribution in [0, 0.1) is 6.92 Å². The van der Waals surface area contributed by atoms with E-state index in [0.29, 0.717) is 6.37 Å². The number of rotatable bonds is 2. The largest absolute Gasteiger partial charge is 0.241 e. The van der Waals surface area contributed by atoms with Crippen LogP contribution >= 0.6 is 40.0 Å². The molecule has 7 heteroatoms. The number of aryl methyl sites for hydroxylation is 1. The minimum Gasteiger partial charge on any atom is -0.241 e. The van der Waals surface area contributed by atoms with Crippen LogP contribution in [0.5, 0.6) is 0 Å². The van der Waals surface area contributed by atoms with Crippen molar-refractivity contribution in [3.05, 3.63) is 41.4 Å². The summed E-state index contributed by atoms with van der Waals surface area (Å²) in [5.41, 5.74) is 4.03. The summed E-state index contributed by atoms with van der Waals surface area (Å²) in [6.45, 7) is 2.08. The topological polar surface area (TPSA) is 43.6 Å². The zero-order valence-corrected chi connectivity index (χ0v) is 13.8. The molecule has 1 aromatic carbocycles. The highest BCUT2D eigenvalue weighted by atomic mass is 127. The standard InChI is InChI=1S/C12H9ClIN4P/c1-7-9-6-8(10-4-5-15-12(13)16-10)2-3-11(9)17-18(7)19-14/h2-6,19H,1H3. The fraction of sp³-hybridized carbons (Fsp3) is 0.0833. The molecule has 2 aromatic heterocycles. The van der Waals surface area contributed by atoms with E-state index in [1.54, 1.807) is 6.20 Å². The summed E-state index contributed by atoms with van der Waals surface area (Å²) in [5, 5.41) is 5.96. The first-order valence-corrected chi connectivity index (χ1v) is 9.98. The summed E-state index contributed by atoms with van der Waals surface area (Å²) >= 11 is 8.16. The summed E-state index contributed by atoms with van der Waals surface area (Å²) in [7, 11) is 0. The maximum absolute atomic E-state index is 5.83. The van der Waals surface area contributed by atoms with Crippen LogP contribution in [0.1, 0.15) is 5.69 Å². The van der Waals surface area contributed by atoms with E-state index in [1.165, 1.54) is 5.69 Å². The second-order valence-electron chi connectivity index (χ2n) is 4.02. The highest BCUT2D eigenvalue weighted by molar-refractivity contribution is 14.2. The Balaban J connectivity index is 2.18. The Bertz CT molecular complexity index is 759. The quantitative estimate of drug-likeness (QED) is 0.366. The molecular formula is C12H9ClIN4P. The Kier molecular flexibility index (Phi) is 3.69. The Hall–Kier alpha value is -0.780. The molecule has 0 amide bonds. The molecule has 3 aromatic rings. The van der Waals surface area contributed by atoms with Crippen LogP contribution in [0.4, 0.5) is 0 Å². The number of hydrogen-bond acceptors (Lipinski definition) is 3. The molecule has 1 atom stereocenters. The van der Waals surface area contributed by atoms with Crippen molar-refractivity contribution < 1.29 is 0 Å². The van der Waals surface area contributed by atoms with Crippen molar-refractivity contribution in [1.82, 2.24) is 19.5 Å². The van der Waals surface area contributed by atoms with Crippen LogP contribution < -0.4 is 0 Å². The molecule has 0 radical (unpaired) electrons. The molecule has 0 aliphatic heterocycles. The Morgan fingerprint density at radius 2 is 2.16 bits per heavy atom. The highest BCUT2D eigenvalue weighted by Gasteiger charge is 2.09. The van der Waals surface area contributed by atoms with Crippen molar-refractivity contribution in [3.63, 3.8) is 0 Å². The molecule has 2 heterocycles. The molecule has 96 valence electrons. The monoisotopic (exact) mass is 402 g/mol. The Morgan fingerprint density at radius 3 is 2.89 bits per heavy atom. The third kappa shape index (κ3) is 2.47. The van der Waals surface area contributed by atoms with E-state index >= 15 is 0 Å². The predicted octanol–water partition coefficient (Wildman–Crippen LogP) is 4.25. The number of hydrogen-bond donors (Lipinski definition) is 0. The molecule has 1 unspecified atom stereocenters. The van der Waals surface area contributed by atoms with Crippen LogP contribution in [-0.2, 0) is 0 Å². The van der Waals surface area contributed by atoms with Crippen LogP contribution in [0.2, 0.25) is 5.28 Å². The Labute approximate surface area is 129 Å². The lowest BCUT2D eigenvalue weighted by Gasteiger charge is -2.01. The van der Waals surface area contributed by atoms with Gasteiger partial charge < -0.3 is 0 Å². The minimum absolute atomic E-state index is 0.263. The maximum atomic E-state index is 5.83. The normalized spacial score (nSPS) is 11.7. The van der Waals surface area contributed by atoms with E-state index in [4.69, 9.17) is 11.6 Å². The summed E-state index contributed by atoms with van der Waals surface area (Å²) < 4.78 is 2.02. The van der Waals surface area contributed by atoms with Gasteiger partial charge in [0, 0.05) is 22.8 Å². The van der Waals surface area contributed by atoms with Crippen molar-refractivity contribution in [2.45, 2.75) is 6.92 Å². The van der Waals surface area contributed by atoms with Gasteiger partial charge in [-0.2, -0.15) is 5.10 Å². The third-order valence-corrected chi connectivity index (χ3v) is 5.06. The second kappa shape index (κ2) is 5.31. The van der Waals surface area contributed by atoms with Crippen LogP contribution in [0.15, 0.2) is 30.5 Å². The molecule has 0 saturated heterocycles. The van der Waals surface area contributed by atoms with Gasteiger partial charge >= 0.3 is 0 Å². The second-order valence-corrected chi connectivity index (χ2v) is 6.40. The van der Waals surface area contributed by atoms with Gasteiger partial charge in [-0.25, -0.2) is 14.4 Å². The number of aromatic nitrogens is 4. The van der Waals surface area contributed by atoms with Crippen molar-refractivity contribution in [1.29, 1.82) is 0 Å². The zero-order valence-electron chi connectivity index (χ0n) is 9.93. The van der Waals surface area contributed by atoms with E-state index in [9.17, 15) is 0 Å². The summed E-state index contributed by atoms with van der Waals surface area (Å²) in [6.07, 6.45) is 2.27. The number of benzene rings is 1. The molecule has 0 aliphatic rings. The van der Waals surface area contributed by atoms with Crippen molar-refractivity contribution in [2.75, 3.05) is 0 Å². The van der Waals surface area contributed by atoms with Gasteiger partial charge in [0.05, 0.1) is 17.6 Å². The molecule has 4 nitrogen and oxygen atoms in total. The van der Waals surface area contributed by atoms with Gasteiger partial charge in [0.15, 0.2) is 0 Å².